The zero-order valence-corrected chi connectivity index (χ0v) is 10.7. The molecule has 1 amide bonds. The van der Waals surface area contributed by atoms with Gasteiger partial charge < -0.3 is 15.8 Å². The van der Waals surface area contributed by atoms with Crippen LogP contribution >= 0.6 is 0 Å². The van der Waals surface area contributed by atoms with Crippen molar-refractivity contribution in [2.24, 2.45) is 0 Å². The molecule has 0 aliphatic heterocycles. The smallest absolute Gasteiger partial charge is 0.377 e. The molecule has 0 radical (unpaired) electrons. The van der Waals surface area contributed by atoms with Crippen molar-refractivity contribution in [3.63, 3.8) is 0 Å². The Labute approximate surface area is 114 Å². The molecule has 0 spiro atoms. The minimum Gasteiger partial charge on any atom is -0.463 e. The number of nitrogen functional groups attached to an aromatic ring is 1. The molecule has 0 saturated carbocycles. The number of nitrogens with zero attached hydrogens (tertiary/aromatic N) is 3. The fourth-order valence-corrected chi connectivity index (χ4v) is 1.52. The van der Waals surface area contributed by atoms with E-state index in [9.17, 15) is 9.59 Å². The van der Waals surface area contributed by atoms with Crippen molar-refractivity contribution in [3.8, 4) is 0 Å². The van der Waals surface area contributed by atoms with Gasteiger partial charge in [-0.15, -0.1) is 5.10 Å². The highest BCUT2D eigenvalue weighted by Gasteiger charge is 2.12. The molecule has 0 bridgehead atoms. The van der Waals surface area contributed by atoms with Crippen molar-refractivity contribution in [1.29, 1.82) is 0 Å². The summed E-state index contributed by atoms with van der Waals surface area (Å²) >= 11 is 0. The van der Waals surface area contributed by atoms with E-state index >= 15 is 0 Å². The van der Waals surface area contributed by atoms with Crippen molar-refractivity contribution in [2.45, 2.75) is 6.54 Å². The Morgan fingerprint density at radius 1 is 1.45 bits per heavy atom. The van der Waals surface area contributed by atoms with E-state index in [0.29, 0.717) is 11.4 Å². The molecule has 104 valence electrons. The van der Waals surface area contributed by atoms with E-state index in [0.717, 1.165) is 0 Å². The van der Waals surface area contributed by atoms with E-state index in [4.69, 9.17) is 5.73 Å². The maximum absolute atomic E-state index is 11.8. The summed E-state index contributed by atoms with van der Waals surface area (Å²) in [5.74, 6) is -1.05. The van der Waals surface area contributed by atoms with Crippen LogP contribution in [0.3, 0.4) is 0 Å². The van der Waals surface area contributed by atoms with E-state index in [1.54, 1.807) is 24.3 Å². The van der Waals surface area contributed by atoms with Crippen LogP contribution in [0.15, 0.2) is 30.6 Å². The molecule has 1 heterocycles. The van der Waals surface area contributed by atoms with Crippen LogP contribution in [0.4, 0.5) is 11.4 Å². The minimum atomic E-state index is -0.653. The van der Waals surface area contributed by atoms with Crippen molar-refractivity contribution < 1.29 is 14.3 Å². The second kappa shape index (κ2) is 5.83. The second-order valence-electron chi connectivity index (χ2n) is 3.93. The van der Waals surface area contributed by atoms with Crippen molar-refractivity contribution in [3.05, 3.63) is 36.4 Å². The molecule has 0 aliphatic rings. The molecule has 0 saturated heterocycles. The SMILES string of the molecule is COC(=O)c1ncn(CC(=O)Nc2cccc(N)c2)n1. The number of esters is 1. The number of hydrogen-bond donors (Lipinski definition) is 2. The van der Waals surface area contributed by atoms with Crippen LogP contribution in [0.2, 0.25) is 0 Å². The van der Waals surface area contributed by atoms with Crippen LogP contribution in [-0.2, 0) is 16.1 Å². The van der Waals surface area contributed by atoms with E-state index in [1.807, 2.05) is 0 Å². The standard InChI is InChI=1S/C12H13N5O3/c1-20-12(19)11-14-7-17(16-11)6-10(18)15-9-4-2-3-8(13)5-9/h2-5,7H,6,13H2,1H3,(H,15,18). The lowest BCUT2D eigenvalue weighted by Crippen LogP contribution is -2.19. The normalized spacial score (nSPS) is 10.1. The third-order valence-electron chi connectivity index (χ3n) is 2.38. The van der Waals surface area contributed by atoms with Gasteiger partial charge in [-0.25, -0.2) is 14.5 Å². The number of methoxy groups -OCH3 is 1. The molecule has 3 N–H and O–H groups in total. The number of nitrogens with one attached hydrogen (secondary N) is 1. The van der Waals surface area contributed by atoms with Gasteiger partial charge in [-0.2, -0.15) is 0 Å². The summed E-state index contributed by atoms with van der Waals surface area (Å²) in [7, 11) is 1.23. The molecule has 2 rings (SSSR count). The molecular formula is C12H13N5O3. The number of hydrogen-bond acceptors (Lipinski definition) is 6. The Morgan fingerprint density at radius 2 is 2.25 bits per heavy atom. The summed E-state index contributed by atoms with van der Waals surface area (Å²) in [6.07, 6.45) is 1.28. The van der Waals surface area contributed by atoms with Crippen LogP contribution in [0, 0.1) is 0 Å². The highest BCUT2D eigenvalue weighted by Crippen LogP contribution is 2.11. The van der Waals surface area contributed by atoms with Crippen molar-refractivity contribution in [2.75, 3.05) is 18.2 Å². The van der Waals surface area contributed by atoms with E-state index < -0.39 is 5.97 Å². The highest BCUT2D eigenvalue weighted by molar-refractivity contribution is 5.91. The van der Waals surface area contributed by atoms with Gasteiger partial charge in [0.15, 0.2) is 0 Å². The predicted octanol–water partition coefficient (Wildman–Crippen LogP) is 0.286. The Balaban J connectivity index is 1.98. The van der Waals surface area contributed by atoms with Crippen LogP contribution < -0.4 is 11.1 Å². The first-order valence-corrected chi connectivity index (χ1v) is 5.71. The third kappa shape index (κ3) is 3.31. The average Bonchev–Trinajstić information content (AvgIpc) is 2.86. The lowest BCUT2D eigenvalue weighted by atomic mass is 10.3. The van der Waals surface area contributed by atoms with Crippen LogP contribution in [0.5, 0.6) is 0 Å². The summed E-state index contributed by atoms with van der Waals surface area (Å²) in [6.45, 7) is -0.0706. The fraction of sp³-hybridized carbons (Fsp3) is 0.167. The van der Waals surface area contributed by atoms with Gasteiger partial charge in [0, 0.05) is 11.4 Å². The van der Waals surface area contributed by atoms with Crippen LogP contribution in [-0.4, -0.2) is 33.8 Å². The van der Waals surface area contributed by atoms with Crippen LogP contribution in [0.25, 0.3) is 0 Å². The first-order chi connectivity index (χ1) is 9.58. The topological polar surface area (TPSA) is 112 Å². The number of amides is 1. The zero-order chi connectivity index (χ0) is 14.5. The Kier molecular flexibility index (Phi) is 3.94. The first kappa shape index (κ1) is 13.5. The number of rotatable bonds is 4. The molecule has 8 nitrogen and oxygen atoms in total. The number of nitrogens with two attached hydrogens (primary N) is 1. The number of anilines is 2. The predicted molar refractivity (Wildman–Crippen MR) is 70.8 cm³/mol. The fourth-order valence-electron chi connectivity index (χ4n) is 1.52. The van der Waals surface area contributed by atoms with Gasteiger partial charge in [0.2, 0.25) is 5.91 Å². The Morgan fingerprint density at radius 3 is 2.95 bits per heavy atom. The Bertz CT molecular complexity index is 638. The van der Waals surface area contributed by atoms with Gasteiger partial charge in [-0.3, -0.25) is 4.79 Å². The maximum Gasteiger partial charge on any atom is 0.377 e. The average molecular weight is 275 g/mol. The lowest BCUT2D eigenvalue weighted by molar-refractivity contribution is -0.116. The summed E-state index contributed by atoms with van der Waals surface area (Å²) in [4.78, 5) is 26.7. The van der Waals surface area contributed by atoms with Crippen LogP contribution in [0.1, 0.15) is 10.6 Å². The van der Waals surface area contributed by atoms with Gasteiger partial charge >= 0.3 is 5.97 Å². The van der Waals surface area contributed by atoms with Gasteiger partial charge in [0.1, 0.15) is 12.9 Å². The minimum absolute atomic E-state index is 0.0706. The molecule has 1 aromatic heterocycles. The molecule has 0 unspecified atom stereocenters. The van der Waals surface area contributed by atoms with Gasteiger partial charge in [-0.05, 0) is 18.2 Å². The summed E-state index contributed by atoms with van der Waals surface area (Å²) in [5.41, 5.74) is 6.75. The van der Waals surface area contributed by atoms with Gasteiger partial charge in [0.25, 0.3) is 5.82 Å². The maximum atomic E-state index is 11.8. The third-order valence-corrected chi connectivity index (χ3v) is 2.38. The monoisotopic (exact) mass is 275 g/mol. The van der Waals surface area contributed by atoms with Crippen molar-refractivity contribution in [1.82, 2.24) is 14.8 Å². The molecule has 2 aromatic rings. The quantitative estimate of drug-likeness (QED) is 0.612. The molecule has 20 heavy (non-hydrogen) atoms. The molecule has 0 fully saturated rings. The zero-order valence-electron chi connectivity index (χ0n) is 10.7. The lowest BCUT2D eigenvalue weighted by Gasteiger charge is -2.05. The summed E-state index contributed by atoms with van der Waals surface area (Å²) < 4.78 is 5.72. The number of aromatic nitrogens is 3. The number of benzene rings is 1. The van der Waals surface area contributed by atoms with Gasteiger partial charge in [0.05, 0.1) is 7.11 Å². The number of carbonyl (C=O) groups excluding carboxylic acids is 2. The largest absolute Gasteiger partial charge is 0.463 e. The Hall–Kier alpha value is -2.90. The molecule has 0 aliphatic carbocycles. The first-order valence-electron chi connectivity index (χ1n) is 5.71. The summed E-state index contributed by atoms with van der Waals surface area (Å²) in [5, 5.41) is 6.49. The van der Waals surface area contributed by atoms with E-state index in [-0.39, 0.29) is 18.3 Å². The molecule has 1 aromatic carbocycles. The van der Waals surface area contributed by atoms with E-state index in [2.05, 4.69) is 20.1 Å². The second-order valence-corrected chi connectivity index (χ2v) is 3.93. The number of ether oxygens (including phenoxy) is 1. The molecule has 8 heteroatoms. The van der Waals surface area contributed by atoms with Gasteiger partial charge in [-0.1, -0.05) is 6.07 Å². The summed E-state index contributed by atoms with van der Waals surface area (Å²) in [6, 6.07) is 6.81. The molecular weight excluding hydrogens is 262 g/mol. The highest BCUT2D eigenvalue weighted by atomic mass is 16.5. The number of carbonyl (C=O) groups is 2. The van der Waals surface area contributed by atoms with Crippen molar-refractivity contribution >= 4 is 23.3 Å². The molecule has 0 atom stereocenters. The van der Waals surface area contributed by atoms with E-state index in [1.165, 1.54) is 18.1 Å².